The van der Waals surface area contributed by atoms with Crippen LogP contribution in [0, 0.1) is 24.6 Å². The van der Waals surface area contributed by atoms with E-state index in [1.165, 1.54) is 6.07 Å². The second-order valence-corrected chi connectivity index (χ2v) is 5.33. The number of nitrogens with one attached hydrogen (secondary N) is 1. The highest BCUT2D eigenvalue weighted by atomic mass is 19.1. The fourth-order valence-corrected chi connectivity index (χ4v) is 1.40. The largest absolute Gasteiger partial charge is 0.444 e. The summed E-state index contributed by atoms with van der Waals surface area (Å²) < 4.78 is 18.5. The van der Waals surface area contributed by atoms with E-state index in [1.807, 2.05) is 0 Å². The minimum atomic E-state index is -0.550. The summed E-state index contributed by atoms with van der Waals surface area (Å²) in [7, 11) is 0. The van der Waals surface area contributed by atoms with E-state index >= 15 is 0 Å². The monoisotopic (exact) mass is 278 g/mol. The van der Waals surface area contributed by atoms with Crippen molar-refractivity contribution >= 4 is 11.8 Å². The maximum atomic E-state index is 13.4. The van der Waals surface area contributed by atoms with Gasteiger partial charge in [0, 0.05) is 16.8 Å². The standard InChI is InChI=1S/C15H19FN2O2/c1-10-11(8-12(17)9-13(10)16)6-5-7-18-14(19)20-15(2,3)4/h8-9H,7,17H2,1-4H3,(H,18,19). The number of nitrogen functional groups attached to an aromatic ring is 1. The molecule has 0 fully saturated rings. The van der Waals surface area contributed by atoms with Gasteiger partial charge in [0.25, 0.3) is 0 Å². The highest BCUT2D eigenvalue weighted by Crippen LogP contribution is 2.15. The maximum Gasteiger partial charge on any atom is 0.408 e. The predicted molar refractivity (Wildman–Crippen MR) is 76.7 cm³/mol. The van der Waals surface area contributed by atoms with Crippen LogP contribution in [0.25, 0.3) is 0 Å². The molecular weight excluding hydrogens is 259 g/mol. The summed E-state index contributed by atoms with van der Waals surface area (Å²) in [4.78, 5) is 11.4. The minimum Gasteiger partial charge on any atom is -0.444 e. The van der Waals surface area contributed by atoms with Gasteiger partial charge in [-0.25, -0.2) is 9.18 Å². The van der Waals surface area contributed by atoms with Crippen molar-refractivity contribution in [1.29, 1.82) is 0 Å². The number of rotatable bonds is 1. The second-order valence-electron chi connectivity index (χ2n) is 5.33. The molecule has 108 valence electrons. The third kappa shape index (κ3) is 5.19. The lowest BCUT2D eigenvalue weighted by Crippen LogP contribution is -2.32. The highest BCUT2D eigenvalue weighted by Gasteiger charge is 2.15. The number of halogens is 1. The van der Waals surface area contributed by atoms with Gasteiger partial charge in [-0.15, -0.1) is 0 Å². The number of carbonyl (C=O) groups excluding carboxylic acids is 1. The molecule has 0 atom stereocenters. The van der Waals surface area contributed by atoms with Crippen molar-refractivity contribution in [1.82, 2.24) is 5.32 Å². The first-order valence-corrected chi connectivity index (χ1v) is 6.20. The fourth-order valence-electron chi connectivity index (χ4n) is 1.40. The fraction of sp³-hybridized carbons (Fsp3) is 0.400. The van der Waals surface area contributed by atoms with E-state index in [1.54, 1.807) is 33.8 Å². The zero-order valence-corrected chi connectivity index (χ0v) is 12.1. The van der Waals surface area contributed by atoms with Crippen molar-refractivity contribution in [3.8, 4) is 11.8 Å². The normalized spacial score (nSPS) is 10.4. The van der Waals surface area contributed by atoms with Gasteiger partial charge in [0.2, 0.25) is 0 Å². The number of alkyl carbamates (subject to hydrolysis) is 1. The summed E-state index contributed by atoms with van der Waals surface area (Å²) in [6.45, 7) is 7.07. The van der Waals surface area contributed by atoms with E-state index in [4.69, 9.17) is 10.5 Å². The lowest BCUT2D eigenvalue weighted by atomic mass is 10.1. The van der Waals surface area contributed by atoms with Crippen molar-refractivity contribution < 1.29 is 13.9 Å². The number of amides is 1. The van der Waals surface area contributed by atoms with Crippen molar-refractivity contribution in [2.75, 3.05) is 12.3 Å². The molecule has 0 spiro atoms. The van der Waals surface area contributed by atoms with Crippen molar-refractivity contribution in [2.45, 2.75) is 33.3 Å². The molecule has 4 nitrogen and oxygen atoms in total. The summed E-state index contributed by atoms with van der Waals surface area (Å²) in [6, 6.07) is 2.85. The predicted octanol–water partition coefficient (Wildman–Crippen LogP) is 2.59. The number of benzene rings is 1. The first-order valence-electron chi connectivity index (χ1n) is 6.20. The van der Waals surface area contributed by atoms with Gasteiger partial charge >= 0.3 is 6.09 Å². The zero-order valence-electron chi connectivity index (χ0n) is 12.1. The van der Waals surface area contributed by atoms with Crippen LogP contribution < -0.4 is 11.1 Å². The Bertz CT molecular complexity index is 566. The number of anilines is 1. The van der Waals surface area contributed by atoms with Crippen molar-refractivity contribution in [3.05, 3.63) is 29.1 Å². The average molecular weight is 278 g/mol. The molecule has 0 saturated carbocycles. The Morgan fingerprint density at radius 3 is 2.70 bits per heavy atom. The maximum absolute atomic E-state index is 13.4. The van der Waals surface area contributed by atoms with Crippen LogP contribution in [-0.4, -0.2) is 18.2 Å². The SMILES string of the molecule is Cc1c(F)cc(N)cc1C#CCNC(=O)OC(C)(C)C. The van der Waals surface area contributed by atoms with Crippen LogP contribution in [0.3, 0.4) is 0 Å². The van der Waals surface area contributed by atoms with E-state index in [-0.39, 0.29) is 6.54 Å². The van der Waals surface area contributed by atoms with Crippen LogP contribution in [-0.2, 0) is 4.74 Å². The molecule has 3 N–H and O–H groups in total. The summed E-state index contributed by atoms with van der Waals surface area (Å²) in [6.07, 6.45) is -0.540. The molecule has 0 bridgehead atoms. The molecule has 1 rings (SSSR count). The highest BCUT2D eigenvalue weighted by molar-refractivity contribution is 5.68. The van der Waals surface area contributed by atoms with E-state index in [2.05, 4.69) is 17.2 Å². The zero-order chi connectivity index (χ0) is 15.3. The Hall–Kier alpha value is -2.22. The van der Waals surface area contributed by atoms with Gasteiger partial charge in [0.1, 0.15) is 11.4 Å². The number of hydrogen-bond acceptors (Lipinski definition) is 3. The van der Waals surface area contributed by atoms with Crippen LogP contribution in [0.2, 0.25) is 0 Å². The molecule has 1 aromatic carbocycles. The van der Waals surface area contributed by atoms with Gasteiger partial charge in [-0.2, -0.15) is 0 Å². The van der Waals surface area contributed by atoms with Gasteiger partial charge in [-0.05, 0) is 39.8 Å². The number of ether oxygens (including phenoxy) is 1. The Labute approximate surface area is 118 Å². The van der Waals surface area contributed by atoms with Gasteiger partial charge < -0.3 is 15.8 Å². The van der Waals surface area contributed by atoms with Crippen LogP contribution >= 0.6 is 0 Å². The van der Waals surface area contributed by atoms with E-state index in [9.17, 15) is 9.18 Å². The molecule has 1 aromatic rings. The third-order valence-corrected chi connectivity index (χ3v) is 2.31. The van der Waals surface area contributed by atoms with Gasteiger partial charge in [0.15, 0.2) is 0 Å². The Morgan fingerprint density at radius 1 is 1.45 bits per heavy atom. The third-order valence-electron chi connectivity index (χ3n) is 2.31. The van der Waals surface area contributed by atoms with Crippen LogP contribution in [0.15, 0.2) is 12.1 Å². The molecule has 0 saturated heterocycles. The molecule has 0 heterocycles. The van der Waals surface area contributed by atoms with E-state index < -0.39 is 17.5 Å². The Morgan fingerprint density at radius 2 is 2.10 bits per heavy atom. The molecule has 20 heavy (non-hydrogen) atoms. The number of carbonyl (C=O) groups is 1. The van der Waals surface area contributed by atoms with E-state index in [0.29, 0.717) is 16.8 Å². The summed E-state index contributed by atoms with van der Waals surface area (Å²) in [5.74, 6) is 5.11. The first-order chi connectivity index (χ1) is 9.19. The minimum absolute atomic E-state index is 0.116. The van der Waals surface area contributed by atoms with Crippen LogP contribution in [0.4, 0.5) is 14.9 Å². The topological polar surface area (TPSA) is 64.3 Å². The molecule has 0 radical (unpaired) electrons. The van der Waals surface area contributed by atoms with Crippen LogP contribution in [0.1, 0.15) is 31.9 Å². The van der Waals surface area contributed by atoms with Crippen molar-refractivity contribution in [3.63, 3.8) is 0 Å². The first kappa shape index (κ1) is 15.8. The molecule has 0 aliphatic rings. The smallest absolute Gasteiger partial charge is 0.408 e. The second kappa shape index (κ2) is 6.29. The Balaban J connectivity index is 2.62. The lowest BCUT2D eigenvalue weighted by Gasteiger charge is -2.19. The summed E-state index contributed by atoms with van der Waals surface area (Å²) >= 11 is 0. The molecule has 1 amide bonds. The Kier molecular flexibility index (Phi) is 4.98. The van der Waals surface area contributed by atoms with E-state index in [0.717, 1.165) is 0 Å². The van der Waals surface area contributed by atoms with Gasteiger partial charge in [-0.3, -0.25) is 0 Å². The van der Waals surface area contributed by atoms with Crippen molar-refractivity contribution in [2.24, 2.45) is 0 Å². The molecule has 0 unspecified atom stereocenters. The molecule has 0 aromatic heterocycles. The average Bonchev–Trinajstić information content (AvgIpc) is 2.28. The molecule has 0 aliphatic carbocycles. The number of hydrogen-bond donors (Lipinski definition) is 2. The summed E-state index contributed by atoms with van der Waals surface area (Å²) in [5.41, 5.74) is 6.26. The quantitative estimate of drug-likeness (QED) is 0.613. The lowest BCUT2D eigenvalue weighted by molar-refractivity contribution is 0.0535. The van der Waals surface area contributed by atoms with Gasteiger partial charge in [-0.1, -0.05) is 11.8 Å². The molecule has 0 aliphatic heterocycles. The van der Waals surface area contributed by atoms with Gasteiger partial charge in [0.05, 0.1) is 6.54 Å². The number of nitrogens with two attached hydrogens (primary N) is 1. The summed E-state index contributed by atoms with van der Waals surface area (Å²) in [5, 5.41) is 2.50. The molecular formula is C15H19FN2O2. The van der Waals surface area contributed by atoms with Crippen LogP contribution in [0.5, 0.6) is 0 Å². The molecule has 5 heteroatoms.